The Kier molecular flexibility index (Phi) is 5.78. The molecule has 2 bridgehead atoms. The van der Waals surface area contributed by atoms with E-state index in [1.54, 1.807) is 0 Å². The molecule has 0 aliphatic carbocycles. The largest absolute Gasteiger partial charge is 0.455 e. The molecule has 0 aromatic carbocycles. The maximum absolute atomic E-state index is 12.8. The lowest BCUT2D eigenvalue weighted by molar-refractivity contribution is -0.192. The van der Waals surface area contributed by atoms with Gasteiger partial charge in [-0.15, -0.1) is 0 Å². The van der Waals surface area contributed by atoms with Gasteiger partial charge in [0.15, 0.2) is 12.2 Å². The van der Waals surface area contributed by atoms with Gasteiger partial charge in [-0.1, -0.05) is 13.8 Å². The van der Waals surface area contributed by atoms with Gasteiger partial charge in [-0.2, -0.15) is 0 Å². The number of methoxy groups -OCH3 is 1. The van der Waals surface area contributed by atoms with Crippen LogP contribution in [0.2, 0.25) is 0 Å². The molecule has 162 valence electrons. The van der Waals surface area contributed by atoms with Gasteiger partial charge in [-0.25, -0.2) is 0 Å². The van der Waals surface area contributed by atoms with E-state index in [0.29, 0.717) is 26.3 Å². The summed E-state index contributed by atoms with van der Waals surface area (Å²) in [5.41, 5.74) is 0. The van der Waals surface area contributed by atoms with E-state index < -0.39 is 60.4 Å². The molecule has 0 aromatic rings. The average molecular weight is 413 g/mol. The number of hydrogen-bond acceptors (Lipinski definition) is 10. The smallest absolute Gasteiger partial charge is 0.320 e. The van der Waals surface area contributed by atoms with Crippen molar-refractivity contribution in [2.45, 2.75) is 44.6 Å². The van der Waals surface area contributed by atoms with Gasteiger partial charge in [0.05, 0.1) is 19.8 Å². The zero-order chi connectivity index (χ0) is 20.7. The quantitative estimate of drug-likeness (QED) is 0.303. The van der Waals surface area contributed by atoms with Crippen LogP contribution in [0.3, 0.4) is 0 Å². The number of carbonyl (C=O) groups is 3. The second-order valence-electron chi connectivity index (χ2n) is 8.15. The summed E-state index contributed by atoms with van der Waals surface area (Å²) in [5, 5.41) is 0. The lowest BCUT2D eigenvalue weighted by atomic mass is 9.78. The Labute approximate surface area is 168 Å². The molecule has 4 rings (SSSR count). The number of esters is 3. The number of ether oxygens (including phenoxy) is 6. The summed E-state index contributed by atoms with van der Waals surface area (Å²) >= 11 is 0. The summed E-state index contributed by atoms with van der Waals surface area (Å²) in [6.45, 7) is 6.24. The first-order chi connectivity index (χ1) is 13.9. The van der Waals surface area contributed by atoms with Gasteiger partial charge in [-0.3, -0.25) is 19.3 Å². The Morgan fingerprint density at radius 1 is 1.17 bits per heavy atom. The van der Waals surface area contributed by atoms with Gasteiger partial charge >= 0.3 is 17.9 Å². The van der Waals surface area contributed by atoms with Crippen molar-refractivity contribution in [3.63, 3.8) is 0 Å². The third-order valence-corrected chi connectivity index (χ3v) is 5.91. The molecule has 0 N–H and O–H groups in total. The van der Waals surface area contributed by atoms with E-state index >= 15 is 0 Å². The predicted octanol–water partition coefficient (Wildman–Crippen LogP) is -0.659. The number of carbonyl (C=O) groups excluding carboxylic acids is 3. The van der Waals surface area contributed by atoms with Crippen molar-refractivity contribution in [3.8, 4) is 0 Å². The zero-order valence-electron chi connectivity index (χ0n) is 16.8. The Bertz CT molecular complexity index is 662. The molecule has 7 unspecified atom stereocenters. The van der Waals surface area contributed by atoms with Crippen LogP contribution < -0.4 is 0 Å². The van der Waals surface area contributed by atoms with Crippen LogP contribution >= 0.6 is 0 Å². The maximum Gasteiger partial charge on any atom is 0.320 e. The first-order valence-electron chi connectivity index (χ1n) is 9.99. The van der Waals surface area contributed by atoms with Crippen LogP contribution in [0.1, 0.15) is 13.8 Å². The standard InChI is InChI=1S/C19H27NO9/c1-9(2)19(24-3)29-18(23)12-11-14-16(28-17(11)22)15(13(12)27-14)26-10(21)8-20-4-6-25-7-5-20/h9,11-16,19H,4-8H2,1-3H3. The van der Waals surface area contributed by atoms with Gasteiger partial charge in [-0.05, 0) is 0 Å². The van der Waals surface area contributed by atoms with Crippen molar-refractivity contribution < 1.29 is 42.8 Å². The molecule has 0 saturated carbocycles. The SMILES string of the molecule is COC(OC(=O)C1C2OC3C(OC(=O)C31)C2OC(=O)CN1CCOCC1)C(C)C. The normalized spacial score (nSPS) is 36.9. The molecule has 10 nitrogen and oxygen atoms in total. The fourth-order valence-corrected chi connectivity index (χ4v) is 4.52. The molecule has 29 heavy (non-hydrogen) atoms. The van der Waals surface area contributed by atoms with Crippen LogP contribution in [0.4, 0.5) is 0 Å². The van der Waals surface area contributed by atoms with Crippen LogP contribution in [-0.4, -0.2) is 93.5 Å². The molecule has 0 radical (unpaired) electrons. The molecular weight excluding hydrogens is 386 g/mol. The molecule has 0 aromatic heterocycles. The van der Waals surface area contributed by atoms with E-state index in [0.717, 1.165) is 0 Å². The Morgan fingerprint density at radius 3 is 2.55 bits per heavy atom. The zero-order valence-corrected chi connectivity index (χ0v) is 16.8. The van der Waals surface area contributed by atoms with Crippen molar-refractivity contribution in [1.82, 2.24) is 4.90 Å². The van der Waals surface area contributed by atoms with Crippen molar-refractivity contribution in [2.24, 2.45) is 17.8 Å². The number of nitrogens with zero attached hydrogens (tertiary/aromatic N) is 1. The van der Waals surface area contributed by atoms with Gasteiger partial charge in [0.1, 0.15) is 24.0 Å². The monoisotopic (exact) mass is 413 g/mol. The summed E-state index contributed by atoms with van der Waals surface area (Å²) in [4.78, 5) is 39.6. The van der Waals surface area contributed by atoms with Crippen molar-refractivity contribution in [1.29, 1.82) is 0 Å². The molecule has 10 heteroatoms. The van der Waals surface area contributed by atoms with Gasteiger partial charge < -0.3 is 28.4 Å². The number of rotatable bonds is 7. The van der Waals surface area contributed by atoms with Crippen LogP contribution in [0.25, 0.3) is 0 Å². The first kappa shape index (κ1) is 20.5. The minimum absolute atomic E-state index is 0.0612. The van der Waals surface area contributed by atoms with Crippen molar-refractivity contribution in [2.75, 3.05) is 40.0 Å². The first-order valence-corrected chi connectivity index (χ1v) is 9.99. The van der Waals surface area contributed by atoms with E-state index in [4.69, 9.17) is 28.4 Å². The molecular formula is C19H27NO9. The molecule has 0 spiro atoms. The molecule has 4 fully saturated rings. The minimum Gasteiger partial charge on any atom is -0.455 e. The van der Waals surface area contributed by atoms with E-state index in [1.165, 1.54) is 7.11 Å². The van der Waals surface area contributed by atoms with E-state index in [9.17, 15) is 14.4 Å². The highest BCUT2D eigenvalue weighted by molar-refractivity contribution is 5.87. The Hall–Kier alpha value is -1.75. The number of fused-ring (bicyclic) bond motifs is 1. The summed E-state index contributed by atoms with van der Waals surface area (Å²) in [5.74, 6) is -3.25. The molecule has 4 heterocycles. The van der Waals surface area contributed by atoms with Gasteiger partial charge in [0.25, 0.3) is 0 Å². The minimum atomic E-state index is -0.885. The van der Waals surface area contributed by atoms with Crippen molar-refractivity contribution >= 4 is 17.9 Å². The van der Waals surface area contributed by atoms with Crippen LogP contribution in [-0.2, 0) is 42.8 Å². The molecule has 4 aliphatic rings. The molecule has 0 amide bonds. The lowest BCUT2D eigenvalue weighted by Crippen LogP contribution is -2.50. The summed E-state index contributed by atoms with van der Waals surface area (Å²) in [7, 11) is 1.45. The van der Waals surface area contributed by atoms with E-state index in [2.05, 4.69) is 0 Å². The van der Waals surface area contributed by atoms with Crippen LogP contribution in [0.5, 0.6) is 0 Å². The van der Waals surface area contributed by atoms with Gasteiger partial charge in [0, 0.05) is 26.1 Å². The number of morpholine rings is 1. The summed E-state index contributed by atoms with van der Waals surface area (Å²) < 4.78 is 32.8. The fourth-order valence-electron chi connectivity index (χ4n) is 4.52. The fraction of sp³-hybridized carbons (Fsp3) is 0.842. The van der Waals surface area contributed by atoms with Crippen LogP contribution in [0.15, 0.2) is 0 Å². The summed E-state index contributed by atoms with van der Waals surface area (Å²) in [6.07, 6.45) is -3.62. The molecule has 7 atom stereocenters. The van der Waals surface area contributed by atoms with Crippen LogP contribution in [0, 0.1) is 17.8 Å². The highest BCUT2D eigenvalue weighted by Gasteiger charge is 2.72. The van der Waals surface area contributed by atoms with Crippen molar-refractivity contribution in [3.05, 3.63) is 0 Å². The second kappa shape index (κ2) is 8.17. The third-order valence-electron chi connectivity index (χ3n) is 5.91. The molecule has 4 aliphatic heterocycles. The van der Waals surface area contributed by atoms with E-state index in [-0.39, 0.29) is 12.5 Å². The second-order valence-corrected chi connectivity index (χ2v) is 8.15. The Morgan fingerprint density at radius 2 is 1.90 bits per heavy atom. The molecule has 4 saturated heterocycles. The van der Waals surface area contributed by atoms with E-state index in [1.807, 2.05) is 18.7 Å². The number of hydrogen-bond donors (Lipinski definition) is 0. The average Bonchev–Trinajstić information content (AvgIpc) is 3.30. The lowest BCUT2D eigenvalue weighted by Gasteiger charge is -2.30. The van der Waals surface area contributed by atoms with Gasteiger partial charge in [0.2, 0.25) is 6.29 Å². The topological polar surface area (TPSA) is 110 Å². The highest BCUT2D eigenvalue weighted by Crippen LogP contribution is 2.51. The summed E-state index contributed by atoms with van der Waals surface area (Å²) in [6, 6.07) is 0. The predicted molar refractivity (Wildman–Crippen MR) is 94.4 cm³/mol. The highest BCUT2D eigenvalue weighted by atomic mass is 16.7. The maximum atomic E-state index is 12.8. The Balaban J connectivity index is 1.44. The third kappa shape index (κ3) is 3.74.